The Hall–Kier alpha value is -3.30. The highest BCUT2D eigenvalue weighted by Crippen LogP contribution is 2.55. The Labute approximate surface area is 242 Å². The highest BCUT2D eigenvalue weighted by molar-refractivity contribution is 6.31. The molecule has 3 fully saturated rings. The molecule has 10 heteroatoms. The van der Waals surface area contributed by atoms with Gasteiger partial charge in [-0.3, -0.25) is 14.4 Å². The Morgan fingerprint density at radius 2 is 1.88 bits per heavy atom. The van der Waals surface area contributed by atoms with Crippen LogP contribution in [0.1, 0.15) is 38.7 Å². The van der Waals surface area contributed by atoms with Gasteiger partial charge in [-0.2, -0.15) is 0 Å². The number of nitrogens with one attached hydrogen (secondary N) is 2. The van der Waals surface area contributed by atoms with E-state index in [1.165, 1.54) is 23.1 Å². The predicted molar refractivity (Wildman–Crippen MR) is 149 cm³/mol. The summed E-state index contributed by atoms with van der Waals surface area (Å²) in [5.74, 6) is -3.73. The number of amides is 3. The smallest absolute Gasteiger partial charge is 0.246 e. The van der Waals surface area contributed by atoms with Crippen molar-refractivity contribution in [1.82, 2.24) is 10.2 Å². The summed E-state index contributed by atoms with van der Waals surface area (Å²) in [5.41, 5.74) is -0.857. The molecule has 0 unspecified atom stereocenters. The van der Waals surface area contributed by atoms with Crippen molar-refractivity contribution >= 4 is 35.0 Å². The maximum atomic E-state index is 14.8. The number of fused-ring (bicyclic) bond motifs is 1. The molecule has 2 bridgehead atoms. The molecule has 1 aliphatic carbocycles. The van der Waals surface area contributed by atoms with Crippen LogP contribution in [0, 0.1) is 35.3 Å². The summed E-state index contributed by atoms with van der Waals surface area (Å²) in [4.78, 5) is 43.2. The molecule has 1 saturated carbocycles. The van der Waals surface area contributed by atoms with Crippen LogP contribution < -0.4 is 10.6 Å². The van der Waals surface area contributed by atoms with Crippen LogP contribution in [0.4, 0.5) is 14.5 Å². The number of nitrogens with zero attached hydrogens (tertiary/aromatic N) is 1. The third-order valence-corrected chi connectivity index (χ3v) is 9.73. The molecule has 3 amide bonds. The van der Waals surface area contributed by atoms with E-state index < -0.39 is 53.0 Å². The molecule has 0 aromatic heterocycles. The van der Waals surface area contributed by atoms with Crippen molar-refractivity contribution < 1.29 is 27.9 Å². The number of ether oxygens (including phenoxy) is 1. The molecular formula is C31H32ClF2N3O4. The van der Waals surface area contributed by atoms with Gasteiger partial charge >= 0.3 is 0 Å². The van der Waals surface area contributed by atoms with Crippen molar-refractivity contribution in [2.45, 2.75) is 63.4 Å². The summed E-state index contributed by atoms with van der Waals surface area (Å²) in [5, 5.41) is 5.76. The molecule has 3 aliphatic heterocycles. The second-order valence-corrected chi connectivity index (χ2v) is 12.2. The number of carbonyl (C=O) groups is 3. The minimum atomic E-state index is -1.39. The molecule has 7 nitrogen and oxygen atoms in total. The fraction of sp³-hybridized carbons (Fsp3) is 0.452. The van der Waals surface area contributed by atoms with Crippen molar-refractivity contribution in [3.8, 4) is 0 Å². The van der Waals surface area contributed by atoms with Crippen LogP contribution in [-0.4, -0.2) is 46.4 Å². The Bertz CT molecular complexity index is 1440. The second-order valence-electron chi connectivity index (χ2n) is 11.8. The van der Waals surface area contributed by atoms with Gasteiger partial charge in [0.25, 0.3) is 0 Å². The van der Waals surface area contributed by atoms with Crippen molar-refractivity contribution in [3.63, 3.8) is 0 Å². The van der Waals surface area contributed by atoms with Gasteiger partial charge in [0.05, 0.1) is 23.0 Å². The average molecular weight is 584 g/mol. The van der Waals surface area contributed by atoms with E-state index in [1.807, 2.05) is 0 Å². The monoisotopic (exact) mass is 583 g/mol. The molecule has 4 aliphatic rings. The molecule has 3 heterocycles. The summed E-state index contributed by atoms with van der Waals surface area (Å²) >= 11 is 5.90. The fourth-order valence-corrected chi connectivity index (χ4v) is 7.28. The van der Waals surface area contributed by atoms with Crippen molar-refractivity contribution in [2.24, 2.45) is 23.7 Å². The first-order chi connectivity index (χ1) is 19.6. The van der Waals surface area contributed by atoms with Crippen LogP contribution >= 0.6 is 11.6 Å². The number of likely N-dealkylation sites (tertiary alicyclic amines) is 1. The SMILES string of the molecule is C[C@@H]1[C@H](C)CCC[C@@H]1NC(=O)[C@@H]1N(Cc2ccccc2F)C(=O)[C@H]2[C@H](C(=O)Nc3ccc(F)c(Cl)c3)[C@H]3C=C[C@@]12O3. The van der Waals surface area contributed by atoms with E-state index in [0.29, 0.717) is 5.92 Å². The highest BCUT2D eigenvalue weighted by atomic mass is 35.5. The number of hydrogen-bond donors (Lipinski definition) is 2. The van der Waals surface area contributed by atoms with Gasteiger partial charge in [-0.1, -0.05) is 68.6 Å². The molecule has 41 heavy (non-hydrogen) atoms. The summed E-state index contributed by atoms with van der Waals surface area (Å²) in [6.07, 6.45) is 5.60. The molecule has 2 N–H and O–H groups in total. The molecule has 2 saturated heterocycles. The summed E-state index contributed by atoms with van der Waals surface area (Å²) in [7, 11) is 0. The van der Waals surface area contributed by atoms with Gasteiger partial charge in [0.15, 0.2) is 0 Å². The van der Waals surface area contributed by atoms with E-state index in [1.54, 1.807) is 30.4 Å². The normalized spacial score (nSPS) is 33.6. The number of rotatable bonds is 6. The predicted octanol–water partition coefficient (Wildman–Crippen LogP) is 4.85. The van der Waals surface area contributed by atoms with Crippen LogP contribution in [0.2, 0.25) is 5.02 Å². The van der Waals surface area contributed by atoms with E-state index in [9.17, 15) is 23.2 Å². The number of benzene rings is 2. The average Bonchev–Trinajstić information content (AvgIpc) is 3.58. The van der Waals surface area contributed by atoms with Crippen molar-refractivity contribution in [2.75, 3.05) is 5.32 Å². The quantitative estimate of drug-likeness (QED) is 0.476. The zero-order valence-electron chi connectivity index (χ0n) is 22.8. The van der Waals surface area contributed by atoms with E-state index >= 15 is 0 Å². The van der Waals surface area contributed by atoms with Crippen LogP contribution in [0.15, 0.2) is 54.6 Å². The van der Waals surface area contributed by atoms with E-state index in [2.05, 4.69) is 24.5 Å². The number of hydrogen-bond acceptors (Lipinski definition) is 4. The van der Waals surface area contributed by atoms with Crippen LogP contribution in [-0.2, 0) is 25.7 Å². The first-order valence-electron chi connectivity index (χ1n) is 14.1. The van der Waals surface area contributed by atoms with Gasteiger partial charge in [0.2, 0.25) is 17.7 Å². The number of carbonyl (C=O) groups excluding carboxylic acids is 3. The molecule has 6 rings (SSSR count). The maximum Gasteiger partial charge on any atom is 0.246 e. The Balaban J connectivity index is 1.34. The minimum Gasteiger partial charge on any atom is -0.359 e. The zero-order chi connectivity index (χ0) is 29.1. The van der Waals surface area contributed by atoms with Crippen molar-refractivity contribution in [3.05, 3.63) is 76.8 Å². The topological polar surface area (TPSA) is 87.7 Å². The van der Waals surface area contributed by atoms with E-state index in [4.69, 9.17) is 16.3 Å². The van der Waals surface area contributed by atoms with Crippen molar-refractivity contribution in [1.29, 1.82) is 0 Å². The molecule has 2 aromatic carbocycles. The first-order valence-corrected chi connectivity index (χ1v) is 14.5. The third kappa shape index (κ3) is 4.63. The van der Waals surface area contributed by atoms with Gasteiger partial charge in [-0.25, -0.2) is 8.78 Å². The van der Waals surface area contributed by atoms with Gasteiger partial charge in [-0.15, -0.1) is 0 Å². The van der Waals surface area contributed by atoms with Gasteiger partial charge in [0.1, 0.15) is 23.3 Å². The molecular weight excluding hydrogens is 552 g/mol. The minimum absolute atomic E-state index is 0.0722. The Morgan fingerprint density at radius 3 is 2.63 bits per heavy atom. The number of anilines is 1. The van der Waals surface area contributed by atoms with Crippen LogP contribution in [0.25, 0.3) is 0 Å². The lowest BCUT2D eigenvalue weighted by atomic mass is 9.73. The molecule has 0 radical (unpaired) electrons. The second kappa shape index (κ2) is 10.5. The van der Waals surface area contributed by atoms with Gasteiger partial charge < -0.3 is 20.3 Å². The summed E-state index contributed by atoms with van der Waals surface area (Å²) < 4.78 is 34.8. The standard InChI is InChI=1S/C31H32ClF2N3O4/c1-16-6-5-9-23(17(16)2)36-29(39)27-31-13-12-24(41-31)25(28(38)35-19-10-11-22(34)20(32)14-19)26(31)30(40)37(27)15-18-7-3-4-8-21(18)33/h3-4,7-8,10-14,16-17,23-27H,5-6,9,15H2,1-2H3,(H,35,38)(H,36,39)/t16-,17-,23+,24-,25-,26-,27+,31+/m1/s1. The summed E-state index contributed by atoms with van der Waals surface area (Å²) in [6, 6.07) is 8.75. The van der Waals surface area contributed by atoms with Gasteiger partial charge in [-0.05, 0) is 42.5 Å². The fourth-order valence-electron chi connectivity index (χ4n) is 7.09. The Kier molecular flexibility index (Phi) is 7.14. The lowest BCUT2D eigenvalue weighted by Gasteiger charge is -2.38. The summed E-state index contributed by atoms with van der Waals surface area (Å²) in [6.45, 7) is 4.14. The largest absolute Gasteiger partial charge is 0.359 e. The van der Waals surface area contributed by atoms with E-state index in [-0.39, 0.29) is 40.7 Å². The molecule has 216 valence electrons. The van der Waals surface area contributed by atoms with Crippen LogP contribution in [0.3, 0.4) is 0 Å². The first kappa shape index (κ1) is 27.8. The van der Waals surface area contributed by atoms with Crippen LogP contribution in [0.5, 0.6) is 0 Å². The maximum absolute atomic E-state index is 14.8. The van der Waals surface area contributed by atoms with Gasteiger partial charge in [0, 0.05) is 23.8 Å². The lowest BCUT2D eigenvalue weighted by Crippen LogP contribution is -2.57. The Morgan fingerprint density at radius 1 is 1.10 bits per heavy atom. The molecule has 8 atom stereocenters. The highest BCUT2D eigenvalue weighted by Gasteiger charge is 2.72. The zero-order valence-corrected chi connectivity index (χ0v) is 23.5. The molecule has 1 spiro atoms. The number of halogens is 3. The third-order valence-electron chi connectivity index (χ3n) is 9.45. The van der Waals surface area contributed by atoms with E-state index in [0.717, 1.165) is 25.3 Å². The molecule has 2 aromatic rings. The lowest BCUT2D eigenvalue weighted by molar-refractivity contribution is -0.142.